The Morgan fingerprint density at radius 2 is 2.12 bits per heavy atom. The number of hydrogen-bond acceptors (Lipinski definition) is 6. The number of nitrogens with zero attached hydrogens (tertiary/aromatic N) is 3. The molecule has 1 aliphatic heterocycles. The Balaban J connectivity index is 1.91. The molecule has 1 aromatic rings. The van der Waals surface area contributed by atoms with Crippen LogP contribution in [0, 0.1) is 6.92 Å². The number of aryl methyl sites for hydroxylation is 2. The maximum atomic E-state index is 12.3. The van der Waals surface area contributed by atoms with E-state index in [1.54, 1.807) is 25.5 Å². The first-order valence-electron chi connectivity index (χ1n) is 7.83. The van der Waals surface area contributed by atoms with E-state index in [4.69, 9.17) is 9.57 Å². The molecular weight excluding hydrogens is 312 g/mol. The summed E-state index contributed by atoms with van der Waals surface area (Å²) in [6, 6.07) is -0.222. The van der Waals surface area contributed by atoms with Crippen LogP contribution >= 0.6 is 0 Å². The molecule has 2 rings (SSSR count). The predicted molar refractivity (Wildman–Crippen MR) is 87.3 cm³/mol. The maximum Gasteiger partial charge on any atom is 0.356 e. The van der Waals surface area contributed by atoms with E-state index in [1.807, 2.05) is 27.1 Å². The lowest BCUT2D eigenvalue weighted by Gasteiger charge is -2.19. The second-order valence-electron chi connectivity index (χ2n) is 6.91. The fourth-order valence-corrected chi connectivity index (χ4v) is 2.40. The minimum Gasteiger partial charge on any atom is -0.455 e. The van der Waals surface area contributed by atoms with Crippen molar-refractivity contribution in [3.8, 4) is 0 Å². The van der Waals surface area contributed by atoms with Crippen LogP contribution in [0.1, 0.15) is 51.4 Å². The third-order valence-corrected chi connectivity index (χ3v) is 3.47. The molecule has 0 fully saturated rings. The molecule has 0 spiro atoms. The number of ether oxygens (including phenoxy) is 1. The van der Waals surface area contributed by atoms with Crippen LogP contribution in [-0.4, -0.2) is 39.1 Å². The first kappa shape index (κ1) is 18.0. The minimum absolute atomic E-state index is 0.0967. The predicted octanol–water partition coefficient (Wildman–Crippen LogP) is 1.39. The third-order valence-electron chi connectivity index (χ3n) is 3.47. The van der Waals surface area contributed by atoms with Crippen molar-refractivity contribution in [3.63, 3.8) is 0 Å². The fourth-order valence-electron chi connectivity index (χ4n) is 2.40. The molecule has 0 aromatic carbocycles. The molecule has 0 saturated heterocycles. The second-order valence-corrected chi connectivity index (χ2v) is 6.91. The fraction of sp³-hybridized carbons (Fsp3) is 0.625. The molecule has 2 unspecified atom stereocenters. The summed E-state index contributed by atoms with van der Waals surface area (Å²) in [5.41, 5.74) is 1.28. The van der Waals surface area contributed by atoms with Gasteiger partial charge in [0, 0.05) is 25.2 Å². The number of esters is 1. The number of carbonyl (C=O) groups excluding carboxylic acids is 2. The summed E-state index contributed by atoms with van der Waals surface area (Å²) in [6.45, 7) is 9.05. The van der Waals surface area contributed by atoms with Gasteiger partial charge in [-0.05, 0) is 34.6 Å². The van der Waals surface area contributed by atoms with Crippen LogP contribution < -0.4 is 5.32 Å². The van der Waals surface area contributed by atoms with E-state index in [-0.39, 0.29) is 24.1 Å². The lowest BCUT2D eigenvalue weighted by atomic mass is 10.1. The molecule has 0 radical (unpaired) electrons. The zero-order valence-electron chi connectivity index (χ0n) is 14.9. The smallest absolute Gasteiger partial charge is 0.356 e. The van der Waals surface area contributed by atoms with E-state index < -0.39 is 17.7 Å². The van der Waals surface area contributed by atoms with E-state index in [0.29, 0.717) is 0 Å². The minimum atomic E-state index is -0.827. The topological polar surface area (TPSA) is 94.8 Å². The zero-order chi connectivity index (χ0) is 18.1. The molecular formula is C16H24N4O4. The average molecular weight is 336 g/mol. The van der Waals surface area contributed by atoms with Crippen molar-refractivity contribution >= 4 is 17.6 Å². The van der Waals surface area contributed by atoms with E-state index in [0.717, 1.165) is 11.3 Å². The summed E-state index contributed by atoms with van der Waals surface area (Å²) in [4.78, 5) is 29.3. The molecule has 132 valence electrons. The van der Waals surface area contributed by atoms with Crippen LogP contribution in [0.2, 0.25) is 0 Å². The van der Waals surface area contributed by atoms with E-state index in [9.17, 15) is 9.59 Å². The van der Waals surface area contributed by atoms with E-state index in [1.165, 1.54) is 0 Å². The van der Waals surface area contributed by atoms with Gasteiger partial charge in [0.05, 0.1) is 11.7 Å². The highest BCUT2D eigenvalue weighted by Gasteiger charge is 2.34. The van der Waals surface area contributed by atoms with Gasteiger partial charge in [-0.15, -0.1) is 0 Å². The molecule has 8 nitrogen and oxygen atoms in total. The maximum absolute atomic E-state index is 12.3. The Morgan fingerprint density at radius 1 is 1.46 bits per heavy atom. The average Bonchev–Trinajstić information content (AvgIpc) is 3.03. The van der Waals surface area contributed by atoms with Gasteiger partial charge >= 0.3 is 5.97 Å². The van der Waals surface area contributed by atoms with Crippen molar-refractivity contribution in [2.45, 2.75) is 58.8 Å². The van der Waals surface area contributed by atoms with Crippen molar-refractivity contribution in [1.82, 2.24) is 15.1 Å². The Bertz CT molecular complexity index is 672. The molecule has 1 aliphatic rings. The van der Waals surface area contributed by atoms with E-state index >= 15 is 0 Å². The van der Waals surface area contributed by atoms with Crippen molar-refractivity contribution in [2.24, 2.45) is 12.2 Å². The van der Waals surface area contributed by atoms with Crippen LogP contribution in [0.4, 0.5) is 0 Å². The van der Waals surface area contributed by atoms with E-state index in [2.05, 4.69) is 15.6 Å². The van der Waals surface area contributed by atoms with Gasteiger partial charge < -0.3 is 14.9 Å². The van der Waals surface area contributed by atoms with Gasteiger partial charge in [-0.1, -0.05) is 5.16 Å². The van der Waals surface area contributed by atoms with Crippen LogP contribution in [0.15, 0.2) is 11.4 Å². The van der Waals surface area contributed by atoms with Gasteiger partial charge in [-0.25, -0.2) is 4.79 Å². The summed E-state index contributed by atoms with van der Waals surface area (Å²) in [6.07, 6.45) is 1.13. The van der Waals surface area contributed by atoms with Gasteiger partial charge in [0.1, 0.15) is 5.60 Å². The molecule has 1 N–H and O–H groups in total. The van der Waals surface area contributed by atoms with Crippen LogP contribution in [-0.2, 0) is 26.2 Å². The first-order chi connectivity index (χ1) is 11.1. The quantitative estimate of drug-likeness (QED) is 0.839. The standard InChI is InChI=1S/C16H24N4O4/c1-9(11-8-20(6)18-10(11)2)17-14(21)13-7-12(19-24-13)15(22)23-16(3,4)5/h8-9,13H,7H2,1-6H3,(H,17,21). The molecule has 8 heteroatoms. The van der Waals surface area contributed by atoms with Crippen LogP contribution in [0.25, 0.3) is 0 Å². The van der Waals surface area contributed by atoms with Gasteiger partial charge in [0.15, 0.2) is 5.71 Å². The van der Waals surface area contributed by atoms with Crippen LogP contribution in [0.3, 0.4) is 0 Å². The lowest BCUT2D eigenvalue weighted by molar-refractivity contribution is -0.146. The molecule has 0 bridgehead atoms. The monoisotopic (exact) mass is 336 g/mol. The Morgan fingerprint density at radius 3 is 2.67 bits per heavy atom. The van der Waals surface area contributed by atoms with Crippen molar-refractivity contribution in [3.05, 3.63) is 17.5 Å². The van der Waals surface area contributed by atoms with Gasteiger partial charge in [0.2, 0.25) is 6.10 Å². The Hall–Kier alpha value is -2.38. The lowest BCUT2D eigenvalue weighted by Crippen LogP contribution is -2.37. The Labute approximate surface area is 141 Å². The van der Waals surface area contributed by atoms with Crippen molar-refractivity contribution in [1.29, 1.82) is 0 Å². The number of rotatable bonds is 4. The normalized spacial score (nSPS) is 18.6. The molecule has 2 heterocycles. The Kier molecular flexibility index (Phi) is 4.96. The van der Waals surface area contributed by atoms with Gasteiger partial charge in [-0.2, -0.15) is 5.10 Å². The summed E-state index contributed by atoms with van der Waals surface area (Å²) < 4.78 is 6.92. The summed E-state index contributed by atoms with van der Waals surface area (Å²) >= 11 is 0. The number of nitrogens with one attached hydrogen (secondary N) is 1. The van der Waals surface area contributed by atoms with Crippen molar-refractivity contribution < 1.29 is 19.2 Å². The number of aromatic nitrogens is 2. The van der Waals surface area contributed by atoms with Gasteiger partial charge in [-0.3, -0.25) is 9.48 Å². The molecule has 0 saturated carbocycles. The van der Waals surface area contributed by atoms with Crippen molar-refractivity contribution in [2.75, 3.05) is 0 Å². The summed E-state index contributed by atoms with van der Waals surface area (Å²) in [5, 5.41) is 10.8. The SMILES string of the molecule is Cc1nn(C)cc1C(C)NC(=O)C1CC(C(=O)OC(C)(C)C)=NO1. The number of carbonyl (C=O) groups is 2. The molecule has 24 heavy (non-hydrogen) atoms. The molecule has 2 atom stereocenters. The second kappa shape index (κ2) is 6.62. The highest BCUT2D eigenvalue weighted by molar-refractivity contribution is 6.37. The zero-order valence-corrected chi connectivity index (χ0v) is 14.9. The first-order valence-corrected chi connectivity index (χ1v) is 7.83. The number of amides is 1. The molecule has 0 aliphatic carbocycles. The number of hydrogen-bond donors (Lipinski definition) is 1. The highest BCUT2D eigenvalue weighted by atomic mass is 16.7. The molecule has 1 amide bonds. The summed E-state index contributed by atoms with van der Waals surface area (Å²) in [5.74, 6) is -0.887. The largest absolute Gasteiger partial charge is 0.455 e. The van der Waals surface area contributed by atoms with Crippen LogP contribution in [0.5, 0.6) is 0 Å². The summed E-state index contributed by atoms with van der Waals surface area (Å²) in [7, 11) is 1.83. The third kappa shape index (κ3) is 4.33. The molecule has 1 aromatic heterocycles. The highest BCUT2D eigenvalue weighted by Crippen LogP contribution is 2.19. The number of oxime groups is 1. The van der Waals surface area contributed by atoms with Gasteiger partial charge in [0.25, 0.3) is 5.91 Å².